The van der Waals surface area contributed by atoms with Crippen molar-refractivity contribution in [2.75, 3.05) is 13.2 Å². The van der Waals surface area contributed by atoms with Gasteiger partial charge in [0.25, 0.3) is 0 Å². The fourth-order valence-electron chi connectivity index (χ4n) is 1.54. The quantitative estimate of drug-likeness (QED) is 0.349. The van der Waals surface area contributed by atoms with Gasteiger partial charge in [0.1, 0.15) is 0 Å². The summed E-state index contributed by atoms with van der Waals surface area (Å²) in [6, 6.07) is 0. The zero-order valence-corrected chi connectivity index (χ0v) is 12.7. The van der Waals surface area contributed by atoms with Gasteiger partial charge in [-0.1, -0.05) is 27.2 Å². The summed E-state index contributed by atoms with van der Waals surface area (Å²) in [7, 11) is 0. The smallest absolute Gasteiger partial charge is 0.235 e. The molecule has 0 aromatic heterocycles. The van der Waals surface area contributed by atoms with Crippen molar-refractivity contribution in [2.45, 2.75) is 58.9 Å². The van der Waals surface area contributed by atoms with E-state index in [-0.39, 0.29) is 16.9 Å². The Morgan fingerprint density at radius 2 is 1.89 bits per heavy atom. The van der Waals surface area contributed by atoms with Crippen LogP contribution in [-0.4, -0.2) is 24.6 Å². The zero-order valence-electron chi connectivity index (χ0n) is 12.7. The van der Waals surface area contributed by atoms with E-state index in [9.17, 15) is 4.79 Å². The van der Waals surface area contributed by atoms with Crippen LogP contribution >= 0.6 is 0 Å². The molecule has 0 aliphatic carbocycles. The number of amides is 1. The first-order valence-electron chi connectivity index (χ1n) is 6.87. The fourth-order valence-corrected chi connectivity index (χ4v) is 1.54. The van der Waals surface area contributed by atoms with Crippen LogP contribution in [0.5, 0.6) is 0 Å². The highest BCUT2D eigenvalue weighted by molar-refractivity contribution is 5.75. The van der Waals surface area contributed by atoms with Crippen molar-refractivity contribution in [2.24, 2.45) is 16.9 Å². The van der Waals surface area contributed by atoms with Crippen LogP contribution in [0.15, 0.2) is 0 Å². The lowest BCUT2D eigenvalue weighted by molar-refractivity contribution is -0.128. The first-order valence-corrected chi connectivity index (χ1v) is 6.87. The first-order chi connectivity index (χ1) is 8.72. The Morgan fingerprint density at radius 3 is 2.42 bits per heavy atom. The molecule has 0 saturated heterocycles. The molecule has 0 aliphatic rings. The maximum absolute atomic E-state index is 11.6. The van der Waals surface area contributed by atoms with Crippen molar-refractivity contribution in [1.29, 1.82) is 0 Å². The summed E-state index contributed by atoms with van der Waals surface area (Å²) in [4.78, 5) is 16.7. The van der Waals surface area contributed by atoms with Gasteiger partial charge in [0.05, 0.1) is 6.61 Å². The van der Waals surface area contributed by atoms with Gasteiger partial charge in [0.2, 0.25) is 5.91 Å². The number of rotatable bonds is 10. The van der Waals surface area contributed by atoms with Gasteiger partial charge in [-0.05, 0) is 26.3 Å². The van der Waals surface area contributed by atoms with E-state index in [1.54, 1.807) is 0 Å². The summed E-state index contributed by atoms with van der Waals surface area (Å²) >= 11 is 0. The summed E-state index contributed by atoms with van der Waals surface area (Å²) in [5, 5.41) is 0. The van der Waals surface area contributed by atoms with Crippen molar-refractivity contribution < 1.29 is 9.63 Å². The Morgan fingerprint density at radius 1 is 1.26 bits per heavy atom. The second kappa shape index (κ2) is 8.47. The Balaban J connectivity index is 3.71. The minimum atomic E-state index is -0.283. The van der Waals surface area contributed by atoms with Crippen LogP contribution in [-0.2, 0) is 9.63 Å². The highest BCUT2D eigenvalue weighted by atomic mass is 16.7. The van der Waals surface area contributed by atoms with Gasteiger partial charge >= 0.3 is 0 Å². The molecule has 6 heteroatoms. The van der Waals surface area contributed by atoms with Crippen LogP contribution < -0.4 is 22.5 Å². The molecular formula is C13H30N4O2. The van der Waals surface area contributed by atoms with Crippen LogP contribution in [0.3, 0.4) is 0 Å². The van der Waals surface area contributed by atoms with Crippen LogP contribution in [0, 0.1) is 5.41 Å². The summed E-state index contributed by atoms with van der Waals surface area (Å²) < 4.78 is 0. The van der Waals surface area contributed by atoms with Gasteiger partial charge in [0, 0.05) is 17.4 Å². The maximum atomic E-state index is 11.6. The van der Waals surface area contributed by atoms with Gasteiger partial charge in [0.15, 0.2) is 0 Å². The van der Waals surface area contributed by atoms with Crippen molar-refractivity contribution in [3.8, 4) is 0 Å². The van der Waals surface area contributed by atoms with Gasteiger partial charge in [-0.25, -0.2) is 0 Å². The molecule has 0 rings (SSSR count). The molecule has 0 radical (unpaired) electrons. The maximum Gasteiger partial charge on any atom is 0.235 e. The van der Waals surface area contributed by atoms with Crippen molar-refractivity contribution in [1.82, 2.24) is 11.0 Å². The molecule has 0 fully saturated rings. The molecule has 6 nitrogen and oxygen atoms in total. The summed E-state index contributed by atoms with van der Waals surface area (Å²) in [5.74, 6) is -0.127. The fraction of sp³-hybridized carbons (Fsp3) is 0.923. The average Bonchev–Trinajstić information content (AvgIpc) is 2.32. The van der Waals surface area contributed by atoms with Crippen molar-refractivity contribution >= 4 is 5.91 Å². The highest BCUT2D eigenvalue weighted by Crippen LogP contribution is 2.15. The van der Waals surface area contributed by atoms with E-state index in [0.29, 0.717) is 26.0 Å². The van der Waals surface area contributed by atoms with Gasteiger partial charge in [-0.3, -0.25) is 15.1 Å². The molecule has 1 unspecified atom stereocenters. The standard InChI is InChI=1S/C13H30N4O2/c1-5-7-13(4,15)8-6-11(18)16-17-19-10-12(2,3)9-14/h17H,5-10,14-15H2,1-4H3,(H,16,18). The van der Waals surface area contributed by atoms with E-state index in [0.717, 1.165) is 12.8 Å². The van der Waals surface area contributed by atoms with E-state index in [1.165, 1.54) is 0 Å². The lowest BCUT2D eigenvalue weighted by Gasteiger charge is -2.24. The van der Waals surface area contributed by atoms with E-state index in [2.05, 4.69) is 17.9 Å². The molecule has 0 saturated carbocycles. The molecule has 0 aromatic rings. The molecule has 0 heterocycles. The third kappa shape index (κ3) is 9.84. The SMILES string of the molecule is CCCC(C)(N)CCC(=O)NNOCC(C)(C)CN. The molecule has 0 spiro atoms. The predicted molar refractivity (Wildman–Crippen MR) is 76.8 cm³/mol. The molecule has 19 heavy (non-hydrogen) atoms. The Bertz CT molecular complexity index is 267. The van der Waals surface area contributed by atoms with Gasteiger partial charge in [-0.2, -0.15) is 0 Å². The number of hydrogen-bond donors (Lipinski definition) is 4. The van der Waals surface area contributed by atoms with E-state index < -0.39 is 0 Å². The molecular weight excluding hydrogens is 244 g/mol. The largest absolute Gasteiger partial charge is 0.330 e. The summed E-state index contributed by atoms with van der Waals surface area (Å²) in [5.41, 5.74) is 16.2. The number of nitrogens with two attached hydrogens (primary N) is 2. The summed E-state index contributed by atoms with van der Waals surface area (Å²) in [6.07, 6.45) is 2.96. The monoisotopic (exact) mass is 274 g/mol. The van der Waals surface area contributed by atoms with Crippen molar-refractivity contribution in [3.63, 3.8) is 0 Å². The van der Waals surface area contributed by atoms with Crippen LogP contribution in [0.25, 0.3) is 0 Å². The molecule has 6 N–H and O–H groups in total. The first kappa shape index (κ1) is 18.3. The van der Waals surface area contributed by atoms with Gasteiger partial charge in [-0.15, -0.1) is 5.59 Å². The number of hydrogen-bond acceptors (Lipinski definition) is 5. The Kier molecular flexibility index (Phi) is 8.17. The van der Waals surface area contributed by atoms with E-state index in [1.807, 2.05) is 20.8 Å². The Hall–Kier alpha value is -0.690. The number of carbonyl (C=O) groups is 1. The zero-order chi connectivity index (χ0) is 14.9. The second-order valence-electron chi connectivity index (χ2n) is 6.21. The second-order valence-corrected chi connectivity index (χ2v) is 6.21. The van der Waals surface area contributed by atoms with E-state index in [4.69, 9.17) is 16.3 Å². The molecule has 1 atom stereocenters. The normalized spacial score (nSPS) is 15.1. The average molecular weight is 274 g/mol. The van der Waals surface area contributed by atoms with Crippen molar-refractivity contribution in [3.05, 3.63) is 0 Å². The number of hydrazine groups is 1. The molecule has 0 aliphatic heterocycles. The van der Waals surface area contributed by atoms with Crippen LogP contribution in [0.1, 0.15) is 53.4 Å². The van der Waals surface area contributed by atoms with Crippen LogP contribution in [0.2, 0.25) is 0 Å². The van der Waals surface area contributed by atoms with E-state index >= 15 is 0 Å². The number of nitrogens with one attached hydrogen (secondary N) is 2. The lowest BCUT2D eigenvalue weighted by atomic mass is 9.92. The lowest BCUT2D eigenvalue weighted by Crippen LogP contribution is -2.42. The minimum Gasteiger partial charge on any atom is -0.330 e. The predicted octanol–water partition coefficient (Wildman–Crippen LogP) is 0.821. The Labute approximate surface area is 116 Å². The topological polar surface area (TPSA) is 102 Å². The third-order valence-electron chi connectivity index (χ3n) is 3.02. The highest BCUT2D eigenvalue weighted by Gasteiger charge is 2.19. The number of carbonyl (C=O) groups excluding carboxylic acids is 1. The van der Waals surface area contributed by atoms with Crippen LogP contribution in [0.4, 0.5) is 0 Å². The summed E-state index contributed by atoms with van der Waals surface area (Å²) in [6.45, 7) is 8.97. The molecule has 0 aromatic carbocycles. The molecule has 1 amide bonds. The molecule has 0 bridgehead atoms. The van der Waals surface area contributed by atoms with Gasteiger partial charge < -0.3 is 11.5 Å². The minimum absolute atomic E-state index is 0.116. The molecule has 114 valence electrons. The third-order valence-corrected chi connectivity index (χ3v) is 3.02.